The Morgan fingerprint density at radius 1 is 1.15 bits per heavy atom. The largest absolute Gasteiger partial charge is 0.449 e. The van der Waals surface area contributed by atoms with E-state index in [0.717, 1.165) is 37.8 Å². The zero-order chi connectivity index (χ0) is 19.3. The quantitative estimate of drug-likeness (QED) is 0.637. The summed E-state index contributed by atoms with van der Waals surface area (Å²) >= 11 is 0. The summed E-state index contributed by atoms with van der Waals surface area (Å²) < 4.78 is 27.3. The first-order valence-electron chi connectivity index (χ1n) is 8.12. The number of urea groups is 1. The summed E-state index contributed by atoms with van der Waals surface area (Å²) in [6.45, 7) is 1.33. The molecule has 0 saturated heterocycles. The number of ether oxygens (including phenoxy) is 1. The molecule has 1 aromatic carbocycles. The second-order valence-corrected chi connectivity index (χ2v) is 7.62. The van der Waals surface area contributed by atoms with Gasteiger partial charge in [-0.2, -0.15) is 0 Å². The monoisotopic (exact) mass is 383 g/mol. The van der Waals surface area contributed by atoms with Gasteiger partial charge in [0.1, 0.15) is 0 Å². The summed E-state index contributed by atoms with van der Waals surface area (Å²) in [4.78, 5) is 35.5. The zero-order valence-corrected chi connectivity index (χ0v) is 15.0. The molecule has 0 aromatic heterocycles. The highest BCUT2D eigenvalue weighted by Crippen LogP contribution is 2.17. The van der Waals surface area contributed by atoms with Crippen molar-refractivity contribution in [2.45, 2.75) is 49.6 Å². The van der Waals surface area contributed by atoms with Crippen LogP contribution in [-0.2, 0) is 19.6 Å². The molecular formula is C16H21N3O6S. The number of carbonyl (C=O) groups is 3. The van der Waals surface area contributed by atoms with Crippen LogP contribution in [0.4, 0.5) is 4.79 Å². The van der Waals surface area contributed by atoms with Gasteiger partial charge in [-0.15, -0.1) is 0 Å². The van der Waals surface area contributed by atoms with Crippen LogP contribution < -0.4 is 15.8 Å². The fourth-order valence-corrected chi connectivity index (χ4v) is 3.08. The van der Waals surface area contributed by atoms with Crippen molar-refractivity contribution in [3.05, 3.63) is 29.8 Å². The minimum atomic E-state index is -3.87. The maximum absolute atomic E-state index is 12.0. The maximum Gasteiger partial charge on any atom is 0.338 e. The van der Waals surface area contributed by atoms with Crippen LogP contribution in [0.5, 0.6) is 0 Å². The number of esters is 1. The Morgan fingerprint density at radius 2 is 1.73 bits per heavy atom. The highest BCUT2D eigenvalue weighted by Gasteiger charge is 2.23. The first kappa shape index (κ1) is 19.9. The highest BCUT2D eigenvalue weighted by atomic mass is 32.2. The average Bonchev–Trinajstić information content (AvgIpc) is 3.06. The van der Waals surface area contributed by atoms with Gasteiger partial charge in [-0.1, -0.05) is 12.8 Å². The molecule has 0 bridgehead atoms. The lowest BCUT2D eigenvalue weighted by Crippen LogP contribution is -2.47. The number of imide groups is 1. The van der Waals surface area contributed by atoms with Crippen LogP contribution in [0, 0.1) is 0 Å². The molecule has 1 aliphatic rings. The number of hydrogen-bond donors (Lipinski definition) is 3. The van der Waals surface area contributed by atoms with E-state index in [1.807, 2.05) is 0 Å². The molecule has 142 valence electrons. The number of rotatable bonds is 5. The van der Waals surface area contributed by atoms with Gasteiger partial charge in [-0.05, 0) is 44.0 Å². The zero-order valence-electron chi connectivity index (χ0n) is 14.2. The Bertz CT molecular complexity index is 785. The highest BCUT2D eigenvalue weighted by molar-refractivity contribution is 7.89. The molecule has 1 saturated carbocycles. The van der Waals surface area contributed by atoms with Crippen molar-refractivity contribution in [1.82, 2.24) is 10.6 Å². The van der Waals surface area contributed by atoms with Crippen LogP contribution >= 0.6 is 0 Å². The molecule has 0 spiro atoms. The molecule has 1 fully saturated rings. The van der Waals surface area contributed by atoms with Gasteiger partial charge in [0.2, 0.25) is 10.0 Å². The third-order valence-corrected chi connectivity index (χ3v) is 4.93. The Balaban J connectivity index is 1.87. The third kappa shape index (κ3) is 5.53. The number of nitrogens with two attached hydrogens (primary N) is 1. The Hall–Kier alpha value is -2.46. The number of primary sulfonamides is 1. The van der Waals surface area contributed by atoms with Gasteiger partial charge in [-0.25, -0.2) is 23.1 Å². The lowest BCUT2D eigenvalue weighted by atomic mass is 10.2. The standard InChI is InChI=1S/C16H21N3O6S/c1-10(14(20)19-16(22)18-12-4-2-3-5-12)25-15(21)11-6-8-13(9-7-11)26(17,23)24/h6-10,12H,2-5H2,1H3,(H2,17,23,24)(H2,18,19,20,22). The number of sulfonamides is 1. The number of carbonyl (C=O) groups excluding carboxylic acids is 3. The molecule has 0 heterocycles. The Morgan fingerprint density at radius 3 is 2.27 bits per heavy atom. The van der Waals surface area contributed by atoms with Crippen molar-refractivity contribution in [2.75, 3.05) is 0 Å². The van der Waals surface area contributed by atoms with Gasteiger partial charge in [0, 0.05) is 6.04 Å². The summed E-state index contributed by atoms with van der Waals surface area (Å²) in [6, 6.07) is 4.19. The van der Waals surface area contributed by atoms with Crippen LogP contribution in [0.1, 0.15) is 43.0 Å². The molecule has 1 atom stereocenters. The first-order chi connectivity index (χ1) is 12.2. The molecule has 0 radical (unpaired) electrons. The van der Waals surface area contributed by atoms with Gasteiger partial charge in [0.15, 0.2) is 6.10 Å². The van der Waals surface area contributed by atoms with Crippen molar-refractivity contribution in [3.8, 4) is 0 Å². The summed E-state index contributed by atoms with van der Waals surface area (Å²) in [5.41, 5.74) is 0.0486. The molecular weight excluding hydrogens is 362 g/mol. The lowest BCUT2D eigenvalue weighted by Gasteiger charge is -2.15. The van der Waals surface area contributed by atoms with E-state index in [0.29, 0.717) is 0 Å². The minimum Gasteiger partial charge on any atom is -0.449 e. The smallest absolute Gasteiger partial charge is 0.338 e. The van der Waals surface area contributed by atoms with E-state index in [-0.39, 0.29) is 16.5 Å². The molecule has 4 N–H and O–H groups in total. The van der Waals surface area contributed by atoms with Crippen LogP contribution in [0.2, 0.25) is 0 Å². The minimum absolute atomic E-state index is 0.0486. The van der Waals surface area contributed by atoms with Crippen LogP contribution in [0.25, 0.3) is 0 Å². The van der Waals surface area contributed by atoms with Crippen molar-refractivity contribution < 1.29 is 27.5 Å². The summed E-state index contributed by atoms with van der Waals surface area (Å²) in [5, 5.41) is 9.79. The lowest BCUT2D eigenvalue weighted by molar-refractivity contribution is -0.127. The van der Waals surface area contributed by atoms with Crippen LogP contribution in [0.3, 0.4) is 0 Å². The van der Waals surface area contributed by atoms with Crippen molar-refractivity contribution in [1.29, 1.82) is 0 Å². The van der Waals surface area contributed by atoms with E-state index in [2.05, 4.69) is 10.6 Å². The van der Waals surface area contributed by atoms with E-state index in [1.54, 1.807) is 0 Å². The molecule has 2 rings (SSSR count). The van der Waals surface area contributed by atoms with Gasteiger partial charge >= 0.3 is 12.0 Å². The molecule has 1 unspecified atom stereocenters. The second kappa shape index (κ2) is 8.28. The molecule has 1 aliphatic carbocycles. The molecule has 3 amide bonds. The molecule has 9 nitrogen and oxygen atoms in total. The summed E-state index contributed by atoms with van der Waals surface area (Å²) in [7, 11) is -3.87. The van der Waals surface area contributed by atoms with Gasteiger partial charge in [0.05, 0.1) is 10.5 Å². The first-order valence-corrected chi connectivity index (χ1v) is 9.66. The van der Waals surface area contributed by atoms with E-state index >= 15 is 0 Å². The van der Waals surface area contributed by atoms with Gasteiger partial charge in [0.25, 0.3) is 5.91 Å². The fraction of sp³-hybridized carbons (Fsp3) is 0.438. The predicted octanol–water partition coefficient (Wildman–Crippen LogP) is 0.648. The van der Waals surface area contributed by atoms with Gasteiger partial charge in [-0.3, -0.25) is 10.1 Å². The van der Waals surface area contributed by atoms with Gasteiger partial charge < -0.3 is 10.1 Å². The predicted molar refractivity (Wildman–Crippen MR) is 91.6 cm³/mol. The van der Waals surface area contributed by atoms with Crippen molar-refractivity contribution in [2.24, 2.45) is 5.14 Å². The summed E-state index contributed by atoms with van der Waals surface area (Å²) in [5.74, 6) is -1.58. The normalized spacial score (nSPS) is 15.9. The second-order valence-electron chi connectivity index (χ2n) is 6.06. The average molecular weight is 383 g/mol. The Labute approximate surface area is 151 Å². The van der Waals surface area contributed by atoms with E-state index < -0.39 is 34.0 Å². The Kier molecular flexibility index (Phi) is 6.32. The molecule has 26 heavy (non-hydrogen) atoms. The van der Waals surface area contributed by atoms with E-state index in [4.69, 9.17) is 9.88 Å². The van der Waals surface area contributed by atoms with Crippen LogP contribution in [-0.4, -0.2) is 38.5 Å². The van der Waals surface area contributed by atoms with E-state index in [9.17, 15) is 22.8 Å². The maximum atomic E-state index is 12.0. The van der Waals surface area contributed by atoms with E-state index in [1.165, 1.54) is 19.1 Å². The van der Waals surface area contributed by atoms with Crippen molar-refractivity contribution in [3.63, 3.8) is 0 Å². The topological polar surface area (TPSA) is 145 Å². The number of amides is 3. The SMILES string of the molecule is CC(OC(=O)c1ccc(S(N)(=O)=O)cc1)C(=O)NC(=O)NC1CCCC1. The third-order valence-electron chi connectivity index (χ3n) is 4.00. The number of hydrogen-bond acceptors (Lipinski definition) is 6. The fourth-order valence-electron chi connectivity index (χ4n) is 2.57. The molecule has 10 heteroatoms. The molecule has 1 aromatic rings. The summed E-state index contributed by atoms with van der Waals surface area (Å²) in [6.07, 6.45) is 2.63. The number of nitrogens with one attached hydrogen (secondary N) is 2. The number of benzene rings is 1. The van der Waals surface area contributed by atoms with Crippen molar-refractivity contribution >= 4 is 27.9 Å². The van der Waals surface area contributed by atoms with Crippen LogP contribution in [0.15, 0.2) is 29.2 Å². The molecule has 0 aliphatic heterocycles.